The van der Waals surface area contributed by atoms with Crippen molar-refractivity contribution in [3.63, 3.8) is 0 Å². The number of nitrogens with two attached hydrogens (primary N) is 1. The zero-order chi connectivity index (χ0) is 17.7. The van der Waals surface area contributed by atoms with Gasteiger partial charge in [0, 0.05) is 6.42 Å². The molecule has 2 N–H and O–H groups in total. The fraction of sp³-hybridized carbons (Fsp3) is 0.857. The van der Waals surface area contributed by atoms with Crippen LogP contribution in [0, 0.1) is 0 Å². The van der Waals surface area contributed by atoms with E-state index in [9.17, 15) is 4.79 Å². The molecule has 0 aromatic heterocycles. The standard InChI is InChI=1S/C21H41NO2.3Na.3H/c1-2-3-4-5-6-7-8-9-10-11-12-13-14-15-16-18-21(23)24-20-17-19-22;;;;;;/h9-10H,2-8,11-20,22H2,1H3;;;;;;/b10-9-;;;;;;. The van der Waals surface area contributed by atoms with E-state index in [4.69, 9.17) is 10.5 Å². The van der Waals surface area contributed by atoms with Crippen molar-refractivity contribution in [3.8, 4) is 0 Å². The molecule has 0 unspecified atom stereocenters. The fourth-order valence-electron chi connectivity index (χ4n) is 2.68. The molecule has 6 heteroatoms. The van der Waals surface area contributed by atoms with Crippen LogP contribution in [0.4, 0.5) is 0 Å². The minimum absolute atomic E-state index is 0. The van der Waals surface area contributed by atoms with Crippen LogP contribution in [0.1, 0.15) is 103 Å². The van der Waals surface area contributed by atoms with Gasteiger partial charge in [0.1, 0.15) is 0 Å². The van der Waals surface area contributed by atoms with E-state index in [1.54, 1.807) is 0 Å². The minimum atomic E-state index is -0.0684. The number of allylic oxidation sites excluding steroid dienone is 2. The summed E-state index contributed by atoms with van der Waals surface area (Å²) < 4.78 is 5.07. The predicted molar refractivity (Wildman–Crippen MR) is 126 cm³/mol. The molecule has 0 aliphatic rings. The summed E-state index contributed by atoms with van der Waals surface area (Å²) >= 11 is 0. The molecular weight excluding hydrogens is 367 g/mol. The second-order valence-electron chi connectivity index (χ2n) is 6.70. The Balaban J connectivity index is -0.000000882. The first-order valence-corrected chi connectivity index (χ1v) is 10.3. The number of rotatable bonds is 18. The van der Waals surface area contributed by atoms with Crippen molar-refractivity contribution in [1.82, 2.24) is 0 Å². The molecule has 0 atom stereocenters. The summed E-state index contributed by atoms with van der Waals surface area (Å²) in [5.41, 5.74) is 5.35. The van der Waals surface area contributed by atoms with E-state index < -0.39 is 0 Å². The molecule has 0 radical (unpaired) electrons. The van der Waals surface area contributed by atoms with Crippen LogP contribution >= 0.6 is 0 Å². The van der Waals surface area contributed by atoms with Gasteiger partial charge in [-0.25, -0.2) is 0 Å². The van der Waals surface area contributed by atoms with Gasteiger partial charge in [0.15, 0.2) is 0 Å². The molecular formula is C21H44NNa3O2. The van der Waals surface area contributed by atoms with Crippen LogP contribution in [0.3, 0.4) is 0 Å². The number of carbonyl (C=O) groups excluding carboxylic acids is 1. The molecule has 0 aromatic carbocycles. The second-order valence-corrected chi connectivity index (χ2v) is 6.70. The summed E-state index contributed by atoms with van der Waals surface area (Å²) in [7, 11) is 0. The normalized spacial score (nSPS) is 10.0. The molecule has 0 amide bonds. The predicted octanol–water partition coefficient (Wildman–Crippen LogP) is 3.97. The van der Waals surface area contributed by atoms with Gasteiger partial charge in [-0.05, 0) is 45.1 Å². The Labute approximate surface area is 235 Å². The molecule has 3 nitrogen and oxygen atoms in total. The Morgan fingerprint density at radius 2 is 1.22 bits per heavy atom. The van der Waals surface area contributed by atoms with Gasteiger partial charge in [0.2, 0.25) is 0 Å². The average molecular weight is 412 g/mol. The van der Waals surface area contributed by atoms with Crippen LogP contribution < -0.4 is 5.73 Å². The maximum absolute atomic E-state index is 11.4. The zero-order valence-electron chi connectivity index (χ0n) is 16.1. The van der Waals surface area contributed by atoms with Gasteiger partial charge in [-0.3, -0.25) is 4.79 Å². The van der Waals surface area contributed by atoms with Gasteiger partial charge >= 0.3 is 94.6 Å². The summed E-state index contributed by atoms with van der Waals surface area (Å²) in [6, 6.07) is 0. The van der Waals surface area contributed by atoms with E-state index in [0.29, 0.717) is 19.6 Å². The number of esters is 1. The molecule has 0 rings (SSSR count). The number of carbonyl (C=O) groups is 1. The summed E-state index contributed by atoms with van der Waals surface area (Å²) in [6.45, 7) is 3.32. The van der Waals surface area contributed by atoms with Crippen LogP contribution in [0.15, 0.2) is 12.2 Å². The maximum atomic E-state index is 11.4. The van der Waals surface area contributed by atoms with Crippen molar-refractivity contribution in [2.75, 3.05) is 13.2 Å². The molecule has 0 aromatic rings. The first kappa shape index (κ1) is 36.5. The first-order valence-electron chi connectivity index (χ1n) is 10.3. The van der Waals surface area contributed by atoms with Crippen molar-refractivity contribution in [1.29, 1.82) is 0 Å². The van der Waals surface area contributed by atoms with Gasteiger partial charge in [-0.2, -0.15) is 0 Å². The Morgan fingerprint density at radius 1 is 0.741 bits per heavy atom. The van der Waals surface area contributed by atoms with Crippen molar-refractivity contribution < 1.29 is 9.53 Å². The first-order chi connectivity index (χ1) is 11.8. The van der Waals surface area contributed by atoms with E-state index in [1.807, 2.05) is 0 Å². The molecule has 0 bridgehead atoms. The van der Waals surface area contributed by atoms with Gasteiger partial charge in [0.25, 0.3) is 0 Å². The van der Waals surface area contributed by atoms with E-state index in [1.165, 1.54) is 70.6 Å². The molecule has 0 aliphatic carbocycles. The fourth-order valence-corrected chi connectivity index (χ4v) is 2.68. The Kier molecular flexibility index (Phi) is 44.4. The van der Waals surface area contributed by atoms with Gasteiger partial charge < -0.3 is 10.5 Å². The number of ether oxygens (including phenoxy) is 1. The molecule has 27 heavy (non-hydrogen) atoms. The molecule has 0 saturated heterocycles. The quantitative estimate of drug-likeness (QED) is 0.161. The molecule has 0 aliphatic heterocycles. The van der Waals surface area contributed by atoms with Crippen LogP contribution in [0.25, 0.3) is 0 Å². The number of hydrogen-bond acceptors (Lipinski definition) is 3. The number of unbranched alkanes of at least 4 members (excludes halogenated alkanes) is 11. The van der Waals surface area contributed by atoms with Crippen molar-refractivity contribution in [2.24, 2.45) is 5.73 Å². The zero-order valence-corrected chi connectivity index (χ0v) is 16.1. The molecule has 148 valence electrons. The van der Waals surface area contributed by atoms with Crippen LogP contribution in [-0.2, 0) is 9.53 Å². The second kappa shape index (κ2) is 32.8. The van der Waals surface area contributed by atoms with Crippen LogP contribution in [0.5, 0.6) is 0 Å². The van der Waals surface area contributed by atoms with Crippen LogP contribution in [0.2, 0.25) is 0 Å². The summed E-state index contributed by atoms with van der Waals surface area (Å²) in [5.74, 6) is -0.0684. The third-order valence-electron chi connectivity index (χ3n) is 4.25. The Morgan fingerprint density at radius 3 is 1.74 bits per heavy atom. The van der Waals surface area contributed by atoms with E-state index in [-0.39, 0.29) is 94.6 Å². The van der Waals surface area contributed by atoms with Crippen molar-refractivity contribution in [3.05, 3.63) is 12.2 Å². The van der Waals surface area contributed by atoms with E-state index >= 15 is 0 Å². The third-order valence-corrected chi connectivity index (χ3v) is 4.25. The summed E-state index contributed by atoms with van der Waals surface area (Å²) in [6.07, 6.45) is 22.6. The van der Waals surface area contributed by atoms with Crippen molar-refractivity contribution >= 4 is 94.6 Å². The monoisotopic (exact) mass is 411 g/mol. The van der Waals surface area contributed by atoms with Gasteiger partial charge in [0.05, 0.1) is 6.61 Å². The van der Waals surface area contributed by atoms with E-state index in [2.05, 4.69) is 19.1 Å². The number of hydrogen-bond donors (Lipinski definition) is 1. The average Bonchev–Trinajstić information content (AvgIpc) is 2.58. The molecule has 0 heterocycles. The third kappa shape index (κ3) is 33.0. The Hall–Kier alpha value is 2.17. The molecule has 0 fully saturated rings. The van der Waals surface area contributed by atoms with Crippen LogP contribution in [-0.4, -0.2) is 108 Å². The molecule has 0 saturated carbocycles. The van der Waals surface area contributed by atoms with Gasteiger partial charge in [-0.15, -0.1) is 0 Å². The Bertz CT molecular complexity index is 303. The topological polar surface area (TPSA) is 52.3 Å². The van der Waals surface area contributed by atoms with Gasteiger partial charge in [-0.1, -0.05) is 70.4 Å². The summed E-state index contributed by atoms with van der Waals surface area (Å²) in [4.78, 5) is 11.4. The summed E-state index contributed by atoms with van der Waals surface area (Å²) in [5, 5.41) is 0. The molecule has 0 spiro atoms. The SMILES string of the molecule is CCCCCCCC/C=C\CCCCCCCC(=O)OCCCN.[NaH].[NaH].[NaH]. The van der Waals surface area contributed by atoms with E-state index in [0.717, 1.165) is 19.3 Å². The van der Waals surface area contributed by atoms with Crippen molar-refractivity contribution in [2.45, 2.75) is 103 Å².